The molecule has 0 spiro atoms. The fourth-order valence-electron chi connectivity index (χ4n) is 2.12. The van der Waals surface area contributed by atoms with Gasteiger partial charge < -0.3 is 9.64 Å². The Morgan fingerprint density at radius 2 is 2.00 bits per heavy atom. The van der Waals surface area contributed by atoms with Crippen molar-refractivity contribution >= 4 is 5.91 Å². The Kier molecular flexibility index (Phi) is 5.04. The molecule has 124 valence electrons. The minimum atomic E-state index is -0.949. The summed E-state index contributed by atoms with van der Waals surface area (Å²) in [4.78, 5) is 17.1. The first-order chi connectivity index (χ1) is 11.4. The zero-order valence-corrected chi connectivity index (χ0v) is 12.8. The SMILES string of the molecule is COc1ncc(F)cc1C(=O)N(C)Cc1c(F)cc(F)cc1C#N. The molecule has 0 aliphatic rings. The third-order valence-electron chi connectivity index (χ3n) is 3.26. The maximum atomic E-state index is 13.9. The second kappa shape index (κ2) is 7.00. The summed E-state index contributed by atoms with van der Waals surface area (Å²) in [5, 5.41) is 8.99. The molecular weight excluding hydrogens is 323 g/mol. The molecular formula is C16H12F3N3O2. The molecule has 8 heteroatoms. The van der Waals surface area contributed by atoms with Gasteiger partial charge in [-0.2, -0.15) is 5.26 Å². The van der Waals surface area contributed by atoms with Crippen LogP contribution >= 0.6 is 0 Å². The summed E-state index contributed by atoms with van der Waals surface area (Å²) in [5.74, 6) is -3.36. The summed E-state index contributed by atoms with van der Waals surface area (Å²) < 4.78 is 45.3. The van der Waals surface area contributed by atoms with Gasteiger partial charge in [-0.1, -0.05) is 0 Å². The van der Waals surface area contributed by atoms with Gasteiger partial charge in [0.15, 0.2) is 0 Å². The number of benzene rings is 1. The van der Waals surface area contributed by atoms with Crippen molar-refractivity contribution in [1.29, 1.82) is 5.26 Å². The third-order valence-corrected chi connectivity index (χ3v) is 3.26. The van der Waals surface area contributed by atoms with Gasteiger partial charge in [0, 0.05) is 25.2 Å². The van der Waals surface area contributed by atoms with Gasteiger partial charge in [0.25, 0.3) is 5.91 Å². The molecule has 24 heavy (non-hydrogen) atoms. The lowest BCUT2D eigenvalue weighted by molar-refractivity contribution is 0.0779. The summed E-state index contributed by atoms with van der Waals surface area (Å²) >= 11 is 0. The molecule has 0 aliphatic carbocycles. The number of hydrogen-bond acceptors (Lipinski definition) is 4. The summed E-state index contributed by atoms with van der Waals surface area (Å²) in [7, 11) is 2.60. The van der Waals surface area contributed by atoms with E-state index in [9.17, 15) is 18.0 Å². The second-order valence-electron chi connectivity index (χ2n) is 4.90. The Hall–Kier alpha value is -3.08. The summed E-state index contributed by atoms with van der Waals surface area (Å²) in [6, 6.07) is 4.12. The molecule has 0 saturated heterocycles. The first-order valence-corrected chi connectivity index (χ1v) is 6.70. The van der Waals surface area contributed by atoms with Crippen LogP contribution in [0.15, 0.2) is 24.4 Å². The quantitative estimate of drug-likeness (QED) is 0.861. The van der Waals surface area contributed by atoms with Crippen LogP contribution in [0.2, 0.25) is 0 Å². The van der Waals surface area contributed by atoms with E-state index in [0.717, 1.165) is 23.2 Å². The van der Waals surface area contributed by atoms with Crippen LogP contribution in [0.3, 0.4) is 0 Å². The Morgan fingerprint density at radius 1 is 1.29 bits per heavy atom. The number of aromatic nitrogens is 1. The molecule has 1 amide bonds. The number of methoxy groups -OCH3 is 1. The zero-order chi connectivity index (χ0) is 17.9. The smallest absolute Gasteiger partial charge is 0.259 e. The predicted molar refractivity (Wildman–Crippen MR) is 77.6 cm³/mol. The maximum absolute atomic E-state index is 13.9. The van der Waals surface area contributed by atoms with Gasteiger partial charge >= 0.3 is 0 Å². The van der Waals surface area contributed by atoms with Crippen molar-refractivity contribution in [2.45, 2.75) is 6.54 Å². The molecule has 0 unspecified atom stereocenters. The van der Waals surface area contributed by atoms with Gasteiger partial charge in [0.05, 0.1) is 24.9 Å². The number of ether oxygens (including phenoxy) is 1. The van der Waals surface area contributed by atoms with Crippen molar-refractivity contribution in [3.05, 3.63) is 58.5 Å². The van der Waals surface area contributed by atoms with Crippen molar-refractivity contribution in [2.24, 2.45) is 0 Å². The third kappa shape index (κ3) is 3.46. The molecule has 0 saturated carbocycles. The van der Waals surface area contributed by atoms with E-state index in [0.29, 0.717) is 6.07 Å². The first kappa shape index (κ1) is 17.3. The number of carbonyl (C=O) groups excluding carboxylic acids is 1. The largest absolute Gasteiger partial charge is 0.480 e. The molecule has 1 aromatic carbocycles. The Labute approximate surface area is 135 Å². The molecule has 0 fully saturated rings. The molecule has 5 nitrogen and oxygen atoms in total. The molecule has 0 N–H and O–H groups in total. The number of pyridine rings is 1. The van der Waals surface area contributed by atoms with E-state index in [1.54, 1.807) is 6.07 Å². The van der Waals surface area contributed by atoms with Gasteiger partial charge in [0.1, 0.15) is 23.0 Å². The van der Waals surface area contributed by atoms with E-state index in [1.807, 2.05) is 0 Å². The number of nitriles is 1. The van der Waals surface area contributed by atoms with Crippen molar-refractivity contribution in [1.82, 2.24) is 9.88 Å². The van der Waals surface area contributed by atoms with Crippen LogP contribution in [0.25, 0.3) is 0 Å². The van der Waals surface area contributed by atoms with Crippen molar-refractivity contribution in [3.8, 4) is 11.9 Å². The predicted octanol–water partition coefficient (Wildman–Crippen LogP) is 2.65. The Bertz CT molecular complexity index is 834. The van der Waals surface area contributed by atoms with E-state index in [2.05, 4.69) is 4.98 Å². The highest BCUT2D eigenvalue weighted by atomic mass is 19.1. The van der Waals surface area contributed by atoms with Crippen LogP contribution in [-0.2, 0) is 6.54 Å². The zero-order valence-electron chi connectivity index (χ0n) is 12.8. The Balaban J connectivity index is 2.34. The monoisotopic (exact) mass is 335 g/mol. The van der Waals surface area contributed by atoms with E-state index >= 15 is 0 Å². The van der Waals surface area contributed by atoms with E-state index in [-0.39, 0.29) is 29.1 Å². The highest BCUT2D eigenvalue weighted by Crippen LogP contribution is 2.21. The van der Waals surface area contributed by atoms with Crippen LogP contribution in [0.4, 0.5) is 13.2 Å². The fraction of sp³-hybridized carbons (Fsp3) is 0.188. The summed E-state index contributed by atoms with van der Waals surface area (Å²) in [6.07, 6.45) is 0.892. The number of rotatable bonds is 4. The average molecular weight is 335 g/mol. The van der Waals surface area contributed by atoms with Crippen LogP contribution < -0.4 is 4.74 Å². The lowest BCUT2D eigenvalue weighted by Crippen LogP contribution is -2.28. The minimum absolute atomic E-state index is 0.0895. The van der Waals surface area contributed by atoms with Crippen molar-refractivity contribution < 1.29 is 22.7 Å². The number of halogens is 3. The van der Waals surface area contributed by atoms with Crippen molar-refractivity contribution in [3.63, 3.8) is 0 Å². The number of hydrogen-bond donors (Lipinski definition) is 0. The van der Waals surface area contributed by atoms with Gasteiger partial charge in [-0.25, -0.2) is 18.2 Å². The molecule has 1 aromatic heterocycles. The number of carbonyl (C=O) groups is 1. The minimum Gasteiger partial charge on any atom is -0.480 e. The topological polar surface area (TPSA) is 66.2 Å². The fourth-order valence-corrected chi connectivity index (χ4v) is 2.12. The highest BCUT2D eigenvalue weighted by molar-refractivity contribution is 5.96. The normalized spacial score (nSPS) is 10.2. The number of amides is 1. The second-order valence-corrected chi connectivity index (χ2v) is 4.90. The average Bonchev–Trinajstić information content (AvgIpc) is 2.56. The van der Waals surface area contributed by atoms with Gasteiger partial charge in [-0.05, 0) is 12.1 Å². The molecule has 0 bridgehead atoms. The van der Waals surface area contributed by atoms with Gasteiger partial charge in [-0.3, -0.25) is 4.79 Å². The molecule has 2 aromatic rings. The lowest BCUT2D eigenvalue weighted by atomic mass is 10.1. The molecule has 0 atom stereocenters. The maximum Gasteiger partial charge on any atom is 0.259 e. The van der Waals surface area contributed by atoms with Gasteiger partial charge in [0.2, 0.25) is 5.88 Å². The molecule has 2 rings (SSSR count). The lowest BCUT2D eigenvalue weighted by Gasteiger charge is -2.19. The van der Waals surface area contributed by atoms with Crippen LogP contribution in [-0.4, -0.2) is 29.9 Å². The molecule has 0 radical (unpaired) electrons. The molecule has 1 heterocycles. The van der Waals surface area contributed by atoms with Crippen LogP contribution in [0.1, 0.15) is 21.5 Å². The number of nitrogens with zero attached hydrogens (tertiary/aromatic N) is 3. The van der Waals surface area contributed by atoms with Gasteiger partial charge in [-0.15, -0.1) is 0 Å². The van der Waals surface area contributed by atoms with E-state index in [4.69, 9.17) is 10.00 Å². The van der Waals surface area contributed by atoms with Crippen LogP contribution in [0.5, 0.6) is 5.88 Å². The summed E-state index contributed by atoms with van der Waals surface area (Å²) in [6.45, 7) is -0.312. The van der Waals surface area contributed by atoms with Crippen LogP contribution in [0, 0.1) is 28.8 Å². The van der Waals surface area contributed by atoms with E-state index < -0.39 is 23.4 Å². The molecule has 0 aliphatic heterocycles. The van der Waals surface area contributed by atoms with Crippen molar-refractivity contribution in [2.75, 3.05) is 14.2 Å². The standard InChI is InChI=1S/C16H12F3N3O2/c1-22(8-13-9(6-20)3-10(17)5-14(13)19)16(23)12-4-11(18)7-21-15(12)24-2/h3-5,7H,8H2,1-2H3. The highest BCUT2D eigenvalue weighted by Gasteiger charge is 2.21. The first-order valence-electron chi connectivity index (χ1n) is 6.70. The Morgan fingerprint density at radius 3 is 2.62 bits per heavy atom. The summed E-state index contributed by atoms with van der Waals surface area (Å²) in [5.41, 5.74) is -0.518. The van der Waals surface area contributed by atoms with E-state index in [1.165, 1.54) is 14.2 Å².